The van der Waals surface area contributed by atoms with E-state index in [0.29, 0.717) is 6.54 Å². The number of nitrogens with one attached hydrogen (secondary N) is 1. The Hall–Kier alpha value is -3.07. The maximum Gasteiger partial charge on any atom is 0.264 e. The van der Waals surface area contributed by atoms with Crippen LogP contribution >= 0.6 is 11.6 Å². The van der Waals surface area contributed by atoms with Crippen molar-refractivity contribution in [1.29, 1.82) is 0 Å². The highest BCUT2D eigenvalue weighted by molar-refractivity contribution is 7.92. The molecule has 0 radical (unpaired) electrons. The second-order valence-electron chi connectivity index (χ2n) is 9.02. The van der Waals surface area contributed by atoms with Gasteiger partial charge in [-0.2, -0.15) is 0 Å². The van der Waals surface area contributed by atoms with Crippen LogP contribution in [-0.4, -0.2) is 59.0 Å². The van der Waals surface area contributed by atoms with Crippen LogP contribution in [0.25, 0.3) is 0 Å². The minimum Gasteiger partial charge on any atom is -0.369 e. The number of amides is 1. The average molecular weight is 527 g/mol. The number of anilines is 2. The Bertz CT molecular complexity index is 1310. The Kier molecular flexibility index (Phi) is 8.18. The summed E-state index contributed by atoms with van der Waals surface area (Å²) < 4.78 is 28.1. The highest BCUT2D eigenvalue weighted by Gasteiger charge is 2.28. The molecule has 0 unspecified atom stereocenters. The van der Waals surface area contributed by atoms with Crippen LogP contribution in [0.5, 0.6) is 0 Å². The number of carbonyl (C=O) groups is 1. The van der Waals surface area contributed by atoms with Crippen LogP contribution in [0.1, 0.15) is 11.1 Å². The Morgan fingerprint density at radius 3 is 2.42 bits per heavy atom. The normalized spacial score (nSPS) is 14.5. The highest BCUT2D eigenvalue weighted by Crippen LogP contribution is 2.31. The van der Waals surface area contributed by atoms with Gasteiger partial charge in [0.2, 0.25) is 5.91 Å². The molecular formula is C27H31ClN4O3S. The molecule has 0 aliphatic carbocycles. The zero-order valence-electron chi connectivity index (χ0n) is 20.5. The summed E-state index contributed by atoms with van der Waals surface area (Å²) in [5.74, 6) is -0.419. The van der Waals surface area contributed by atoms with Gasteiger partial charge in [-0.3, -0.25) is 9.10 Å². The van der Waals surface area contributed by atoms with Gasteiger partial charge >= 0.3 is 0 Å². The molecule has 1 aliphatic heterocycles. The van der Waals surface area contributed by atoms with Crippen molar-refractivity contribution in [3.05, 3.63) is 88.9 Å². The number of rotatable bonds is 8. The van der Waals surface area contributed by atoms with E-state index in [4.69, 9.17) is 11.6 Å². The second-order valence-corrected chi connectivity index (χ2v) is 11.3. The summed E-state index contributed by atoms with van der Waals surface area (Å²) in [6, 6.07) is 21.2. The van der Waals surface area contributed by atoms with Crippen LogP contribution in [0.4, 0.5) is 11.4 Å². The summed E-state index contributed by atoms with van der Waals surface area (Å²) in [5.41, 5.74) is 3.18. The zero-order chi connectivity index (χ0) is 25.7. The third-order valence-electron chi connectivity index (χ3n) is 6.26. The van der Waals surface area contributed by atoms with Crippen LogP contribution in [-0.2, 0) is 21.4 Å². The van der Waals surface area contributed by atoms with Crippen molar-refractivity contribution in [1.82, 2.24) is 10.2 Å². The van der Waals surface area contributed by atoms with Gasteiger partial charge in [-0.1, -0.05) is 48.0 Å². The smallest absolute Gasteiger partial charge is 0.264 e. The quantitative estimate of drug-likeness (QED) is 0.482. The molecule has 1 heterocycles. The Balaban J connectivity index is 1.51. The van der Waals surface area contributed by atoms with Crippen LogP contribution in [0.3, 0.4) is 0 Å². The van der Waals surface area contributed by atoms with Gasteiger partial charge < -0.3 is 15.1 Å². The van der Waals surface area contributed by atoms with E-state index in [9.17, 15) is 13.2 Å². The third kappa shape index (κ3) is 6.19. The molecular weight excluding hydrogens is 496 g/mol. The molecule has 4 rings (SSSR count). The van der Waals surface area contributed by atoms with Crippen molar-refractivity contribution < 1.29 is 13.2 Å². The Labute approximate surface area is 218 Å². The molecule has 190 valence electrons. The largest absolute Gasteiger partial charge is 0.369 e. The van der Waals surface area contributed by atoms with E-state index >= 15 is 0 Å². The van der Waals surface area contributed by atoms with Crippen molar-refractivity contribution in [2.24, 2.45) is 0 Å². The summed E-state index contributed by atoms with van der Waals surface area (Å²) >= 11 is 6.40. The first kappa shape index (κ1) is 26.0. The highest BCUT2D eigenvalue weighted by atomic mass is 35.5. The minimum absolute atomic E-state index is 0.0928. The molecule has 0 spiro atoms. The standard InChI is InChI=1S/C27H31ClN4O3S/c1-21-11-12-25(28)26(17-21)32(36(34,35)24-9-4-3-5-10-24)20-27(33)29-19-22-7-6-8-23(18-22)31-15-13-30(2)14-16-31/h3-12,17-18H,13-16,19-20H2,1-2H3,(H,29,33). The summed E-state index contributed by atoms with van der Waals surface area (Å²) in [5, 5.41) is 3.14. The first-order valence-corrected chi connectivity index (χ1v) is 13.7. The van der Waals surface area contributed by atoms with Gasteiger partial charge in [-0.25, -0.2) is 8.42 Å². The lowest BCUT2D eigenvalue weighted by Gasteiger charge is -2.34. The van der Waals surface area contributed by atoms with Gasteiger partial charge in [0, 0.05) is 38.4 Å². The van der Waals surface area contributed by atoms with Gasteiger partial charge in [-0.15, -0.1) is 0 Å². The molecule has 1 fully saturated rings. The number of aryl methyl sites for hydroxylation is 1. The predicted octanol–water partition coefficient (Wildman–Crippen LogP) is 3.91. The van der Waals surface area contributed by atoms with Crippen molar-refractivity contribution in [2.45, 2.75) is 18.4 Å². The summed E-state index contributed by atoms with van der Waals surface area (Å²) in [7, 11) is -1.90. The van der Waals surface area contributed by atoms with Crippen molar-refractivity contribution >= 4 is 38.9 Å². The lowest BCUT2D eigenvalue weighted by molar-refractivity contribution is -0.119. The van der Waals surface area contributed by atoms with Crippen molar-refractivity contribution in [2.75, 3.05) is 49.0 Å². The molecule has 1 N–H and O–H groups in total. The molecule has 3 aromatic carbocycles. The number of piperazine rings is 1. The van der Waals surface area contributed by atoms with Gasteiger partial charge in [-0.05, 0) is 61.5 Å². The topological polar surface area (TPSA) is 73.0 Å². The van der Waals surface area contributed by atoms with E-state index < -0.39 is 22.5 Å². The number of nitrogens with zero attached hydrogens (tertiary/aromatic N) is 3. The molecule has 1 amide bonds. The van der Waals surface area contributed by atoms with Crippen LogP contribution < -0.4 is 14.5 Å². The predicted molar refractivity (Wildman–Crippen MR) is 145 cm³/mol. The number of halogens is 1. The molecule has 9 heteroatoms. The Morgan fingerprint density at radius 2 is 1.69 bits per heavy atom. The number of hydrogen-bond donors (Lipinski definition) is 1. The van der Waals surface area contributed by atoms with Crippen molar-refractivity contribution in [3.63, 3.8) is 0 Å². The lowest BCUT2D eigenvalue weighted by Crippen LogP contribution is -2.44. The molecule has 0 aromatic heterocycles. The van der Waals surface area contributed by atoms with Gasteiger partial charge in [0.05, 0.1) is 15.6 Å². The SMILES string of the molecule is Cc1ccc(Cl)c(N(CC(=O)NCc2cccc(N3CCN(C)CC3)c2)S(=O)(=O)c2ccccc2)c1. The van der Waals surface area contributed by atoms with Gasteiger partial charge in [0.1, 0.15) is 6.54 Å². The first-order chi connectivity index (χ1) is 17.2. The molecule has 36 heavy (non-hydrogen) atoms. The summed E-state index contributed by atoms with van der Waals surface area (Å²) in [6.07, 6.45) is 0. The second kappa shape index (κ2) is 11.3. The molecule has 3 aromatic rings. The number of carbonyl (C=O) groups excluding carboxylic acids is 1. The summed E-state index contributed by atoms with van der Waals surface area (Å²) in [4.78, 5) is 17.7. The number of sulfonamides is 1. The molecule has 1 aliphatic rings. The third-order valence-corrected chi connectivity index (χ3v) is 8.35. The average Bonchev–Trinajstić information content (AvgIpc) is 2.88. The van der Waals surface area contributed by atoms with Crippen LogP contribution in [0.15, 0.2) is 77.7 Å². The molecule has 0 saturated carbocycles. The number of likely N-dealkylation sites (N-methyl/N-ethyl adjacent to an activating group) is 1. The molecule has 0 bridgehead atoms. The maximum absolute atomic E-state index is 13.5. The molecule has 1 saturated heterocycles. The van der Waals surface area contributed by atoms with E-state index in [1.54, 1.807) is 36.4 Å². The van der Waals surface area contributed by atoms with Crippen molar-refractivity contribution in [3.8, 4) is 0 Å². The van der Waals surface area contributed by atoms with E-state index in [1.807, 2.05) is 19.1 Å². The fourth-order valence-electron chi connectivity index (χ4n) is 4.15. The van der Waals surface area contributed by atoms with Crippen LogP contribution in [0, 0.1) is 6.92 Å². The monoisotopic (exact) mass is 526 g/mol. The zero-order valence-corrected chi connectivity index (χ0v) is 22.1. The van der Waals surface area contributed by atoms with E-state index in [2.05, 4.69) is 34.3 Å². The number of hydrogen-bond acceptors (Lipinski definition) is 5. The van der Waals surface area contributed by atoms with Gasteiger partial charge in [0.25, 0.3) is 10.0 Å². The van der Waals surface area contributed by atoms with E-state index in [1.165, 1.54) is 12.1 Å². The van der Waals surface area contributed by atoms with E-state index in [0.717, 1.165) is 47.3 Å². The van der Waals surface area contributed by atoms with Crippen LogP contribution in [0.2, 0.25) is 5.02 Å². The number of benzene rings is 3. The fourth-order valence-corrected chi connectivity index (χ4v) is 5.87. The fraction of sp³-hybridized carbons (Fsp3) is 0.296. The molecule has 7 nitrogen and oxygen atoms in total. The first-order valence-electron chi connectivity index (χ1n) is 11.9. The van der Waals surface area contributed by atoms with Gasteiger partial charge in [0.15, 0.2) is 0 Å². The van der Waals surface area contributed by atoms with E-state index in [-0.39, 0.29) is 15.6 Å². The molecule has 0 atom stereocenters. The summed E-state index contributed by atoms with van der Waals surface area (Å²) in [6.45, 7) is 5.68. The maximum atomic E-state index is 13.5. The minimum atomic E-state index is -4.02. The Morgan fingerprint density at radius 1 is 0.972 bits per heavy atom. The lowest BCUT2D eigenvalue weighted by atomic mass is 10.1.